The van der Waals surface area contributed by atoms with Gasteiger partial charge in [-0.15, -0.1) is 0 Å². The third-order valence-electron chi connectivity index (χ3n) is 3.07. The van der Waals surface area contributed by atoms with Crippen molar-refractivity contribution < 1.29 is 9.53 Å². The Morgan fingerprint density at radius 1 is 1.19 bits per heavy atom. The average molecular weight is 293 g/mol. The van der Waals surface area contributed by atoms with Gasteiger partial charge in [-0.05, 0) is 18.9 Å². The fourth-order valence-electron chi connectivity index (χ4n) is 1.97. The molecule has 0 heterocycles. The van der Waals surface area contributed by atoms with Crippen LogP contribution in [0.4, 0.5) is 11.4 Å². The fourth-order valence-corrected chi connectivity index (χ4v) is 1.97. The van der Waals surface area contributed by atoms with Gasteiger partial charge in [-0.25, -0.2) is 0 Å². The van der Waals surface area contributed by atoms with Gasteiger partial charge in [0.05, 0.1) is 13.2 Å². The number of amides is 1. The summed E-state index contributed by atoms with van der Waals surface area (Å²) < 4.78 is 5.66. The second kappa shape index (κ2) is 8.39. The molecule has 0 aliphatic carbocycles. The highest BCUT2D eigenvalue weighted by atomic mass is 16.5. The van der Waals surface area contributed by atoms with Crippen LogP contribution in [-0.4, -0.2) is 44.6 Å². The van der Waals surface area contributed by atoms with E-state index >= 15 is 0 Å². The third-order valence-corrected chi connectivity index (χ3v) is 3.07. The summed E-state index contributed by atoms with van der Waals surface area (Å²) >= 11 is 0. The molecule has 0 fully saturated rings. The summed E-state index contributed by atoms with van der Waals surface area (Å²) in [6, 6.07) is 5.65. The molecular formula is C16H27N3O2. The monoisotopic (exact) mass is 293 g/mol. The minimum absolute atomic E-state index is 0.0712. The number of hydrogen-bond acceptors (Lipinski definition) is 4. The van der Waals surface area contributed by atoms with Crippen LogP contribution in [0.2, 0.25) is 0 Å². The minimum atomic E-state index is 0.0712. The van der Waals surface area contributed by atoms with Crippen molar-refractivity contribution >= 4 is 17.3 Å². The van der Waals surface area contributed by atoms with Crippen LogP contribution in [0.5, 0.6) is 5.75 Å². The molecular weight excluding hydrogens is 266 g/mol. The Kier molecular flexibility index (Phi) is 6.85. The van der Waals surface area contributed by atoms with E-state index < -0.39 is 0 Å². The molecule has 1 aromatic carbocycles. The van der Waals surface area contributed by atoms with Crippen LogP contribution in [-0.2, 0) is 4.79 Å². The van der Waals surface area contributed by atoms with Crippen molar-refractivity contribution in [2.45, 2.75) is 26.7 Å². The van der Waals surface area contributed by atoms with Gasteiger partial charge in [-0.3, -0.25) is 4.79 Å². The topological polar surface area (TPSA) is 58.8 Å². The highest BCUT2D eigenvalue weighted by molar-refractivity contribution is 5.81. The number of nitrogens with zero attached hydrogens (tertiary/aromatic N) is 2. The third kappa shape index (κ3) is 5.53. The standard InChI is InChI=1S/C16H27N3O2/c1-5-7-19(12-16(20)18(3)4)14-9-13(17)10-15(11-14)21-8-6-2/h9-11H,5-8,12,17H2,1-4H3. The Balaban J connectivity index is 2.95. The van der Waals surface area contributed by atoms with E-state index in [1.165, 1.54) is 0 Å². The number of nitrogen functional groups attached to an aromatic ring is 1. The Morgan fingerprint density at radius 3 is 2.48 bits per heavy atom. The molecule has 0 saturated heterocycles. The Morgan fingerprint density at radius 2 is 1.90 bits per heavy atom. The van der Waals surface area contributed by atoms with Crippen LogP contribution in [0.1, 0.15) is 26.7 Å². The molecule has 5 nitrogen and oxygen atoms in total. The molecule has 21 heavy (non-hydrogen) atoms. The van der Waals surface area contributed by atoms with Crippen molar-refractivity contribution in [3.05, 3.63) is 18.2 Å². The smallest absolute Gasteiger partial charge is 0.241 e. The van der Waals surface area contributed by atoms with E-state index in [1.807, 2.05) is 23.1 Å². The normalized spacial score (nSPS) is 10.3. The van der Waals surface area contributed by atoms with E-state index in [-0.39, 0.29) is 5.91 Å². The first-order valence-electron chi connectivity index (χ1n) is 7.46. The SMILES string of the molecule is CCCOc1cc(N)cc(N(CCC)CC(=O)N(C)C)c1. The van der Waals surface area contributed by atoms with Gasteiger partial charge in [0.25, 0.3) is 0 Å². The molecule has 1 amide bonds. The summed E-state index contributed by atoms with van der Waals surface area (Å²) in [5.41, 5.74) is 7.53. The van der Waals surface area contributed by atoms with E-state index in [4.69, 9.17) is 10.5 Å². The average Bonchev–Trinajstić information content (AvgIpc) is 2.43. The molecule has 1 aromatic rings. The van der Waals surface area contributed by atoms with Gasteiger partial charge in [-0.2, -0.15) is 0 Å². The summed E-state index contributed by atoms with van der Waals surface area (Å²) in [5.74, 6) is 0.826. The van der Waals surface area contributed by atoms with Crippen LogP contribution in [0.15, 0.2) is 18.2 Å². The van der Waals surface area contributed by atoms with Crippen molar-refractivity contribution in [3.8, 4) is 5.75 Å². The number of carbonyl (C=O) groups is 1. The number of benzene rings is 1. The van der Waals surface area contributed by atoms with Crippen molar-refractivity contribution in [1.29, 1.82) is 0 Å². The Labute approximate surface area is 127 Å². The summed E-state index contributed by atoms with van der Waals surface area (Å²) in [6.07, 6.45) is 1.91. The number of anilines is 2. The Hall–Kier alpha value is -1.91. The first kappa shape index (κ1) is 17.1. The predicted molar refractivity (Wildman–Crippen MR) is 87.8 cm³/mol. The van der Waals surface area contributed by atoms with Gasteiger partial charge >= 0.3 is 0 Å². The Bertz CT molecular complexity index is 461. The van der Waals surface area contributed by atoms with Crippen LogP contribution in [0, 0.1) is 0 Å². The number of carbonyl (C=O) groups excluding carboxylic acids is 1. The first-order chi connectivity index (χ1) is 9.97. The number of rotatable bonds is 8. The lowest BCUT2D eigenvalue weighted by atomic mass is 10.2. The van der Waals surface area contributed by atoms with Crippen LogP contribution < -0.4 is 15.4 Å². The molecule has 0 atom stereocenters. The second-order valence-corrected chi connectivity index (χ2v) is 5.32. The molecule has 0 bridgehead atoms. The number of likely N-dealkylation sites (N-methyl/N-ethyl adjacent to an activating group) is 1. The fraction of sp³-hybridized carbons (Fsp3) is 0.562. The first-order valence-corrected chi connectivity index (χ1v) is 7.46. The van der Waals surface area contributed by atoms with Gasteiger partial charge in [0.2, 0.25) is 5.91 Å². The lowest BCUT2D eigenvalue weighted by molar-refractivity contribution is -0.127. The quantitative estimate of drug-likeness (QED) is 0.748. The minimum Gasteiger partial charge on any atom is -0.493 e. The van der Waals surface area contributed by atoms with E-state index in [1.54, 1.807) is 19.0 Å². The van der Waals surface area contributed by atoms with E-state index in [0.717, 1.165) is 30.8 Å². The molecule has 118 valence electrons. The van der Waals surface area contributed by atoms with Crippen molar-refractivity contribution in [2.75, 3.05) is 44.4 Å². The van der Waals surface area contributed by atoms with Crippen molar-refractivity contribution in [3.63, 3.8) is 0 Å². The lowest BCUT2D eigenvalue weighted by Gasteiger charge is -2.26. The molecule has 0 unspecified atom stereocenters. The molecule has 1 rings (SSSR count). The molecule has 5 heteroatoms. The molecule has 0 aliphatic rings. The van der Waals surface area contributed by atoms with Crippen LogP contribution in [0.3, 0.4) is 0 Å². The van der Waals surface area contributed by atoms with E-state index in [2.05, 4.69) is 13.8 Å². The molecule has 0 spiro atoms. The highest BCUT2D eigenvalue weighted by Gasteiger charge is 2.14. The van der Waals surface area contributed by atoms with Crippen molar-refractivity contribution in [1.82, 2.24) is 4.90 Å². The van der Waals surface area contributed by atoms with Crippen LogP contribution >= 0.6 is 0 Å². The molecule has 2 N–H and O–H groups in total. The zero-order chi connectivity index (χ0) is 15.8. The van der Waals surface area contributed by atoms with Gasteiger partial charge < -0.3 is 20.3 Å². The lowest BCUT2D eigenvalue weighted by Crippen LogP contribution is -2.37. The predicted octanol–water partition coefficient (Wildman–Crippen LogP) is 2.36. The maximum Gasteiger partial charge on any atom is 0.241 e. The van der Waals surface area contributed by atoms with Crippen LogP contribution in [0.25, 0.3) is 0 Å². The zero-order valence-electron chi connectivity index (χ0n) is 13.6. The summed E-state index contributed by atoms with van der Waals surface area (Å²) in [6.45, 7) is 5.96. The summed E-state index contributed by atoms with van der Waals surface area (Å²) in [7, 11) is 3.53. The van der Waals surface area contributed by atoms with E-state index in [0.29, 0.717) is 18.8 Å². The largest absolute Gasteiger partial charge is 0.493 e. The number of nitrogens with two attached hydrogens (primary N) is 1. The van der Waals surface area contributed by atoms with Crippen molar-refractivity contribution in [2.24, 2.45) is 0 Å². The molecule has 0 radical (unpaired) electrons. The number of hydrogen-bond donors (Lipinski definition) is 1. The number of ether oxygens (including phenoxy) is 1. The summed E-state index contributed by atoms with van der Waals surface area (Å²) in [5, 5.41) is 0. The molecule has 0 saturated carbocycles. The molecule has 0 aromatic heterocycles. The highest BCUT2D eigenvalue weighted by Crippen LogP contribution is 2.26. The zero-order valence-corrected chi connectivity index (χ0v) is 13.6. The van der Waals surface area contributed by atoms with E-state index in [9.17, 15) is 4.79 Å². The van der Waals surface area contributed by atoms with Gasteiger partial charge in [0.15, 0.2) is 0 Å². The maximum absolute atomic E-state index is 12.0. The summed E-state index contributed by atoms with van der Waals surface area (Å²) in [4.78, 5) is 15.6. The second-order valence-electron chi connectivity index (χ2n) is 5.32. The van der Waals surface area contributed by atoms with Gasteiger partial charge in [0, 0.05) is 44.1 Å². The maximum atomic E-state index is 12.0. The van der Waals surface area contributed by atoms with Gasteiger partial charge in [0.1, 0.15) is 5.75 Å². The molecule has 0 aliphatic heterocycles. The van der Waals surface area contributed by atoms with Gasteiger partial charge in [-0.1, -0.05) is 13.8 Å².